The number of rotatable bonds is 4. The third-order valence-electron chi connectivity index (χ3n) is 3.65. The number of nitrogen functional groups attached to an aromatic ring is 1. The van der Waals surface area contributed by atoms with Crippen LogP contribution in [0.15, 0.2) is 6.07 Å². The molecule has 0 aromatic carbocycles. The van der Waals surface area contributed by atoms with Crippen molar-refractivity contribution in [3.63, 3.8) is 0 Å². The van der Waals surface area contributed by atoms with E-state index in [1.54, 1.807) is 0 Å². The maximum atomic E-state index is 10.6. The van der Waals surface area contributed by atoms with Gasteiger partial charge in [-0.3, -0.25) is 5.43 Å². The monoisotopic (exact) mass is 265 g/mol. The molecule has 1 saturated carbocycles. The lowest BCUT2D eigenvalue weighted by Gasteiger charge is -2.35. The SMILES string of the molecule is Cc1cc(NCC2(O)CCCC(C)C2)nc(NN)n1. The molecule has 1 aromatic rings. The molecular weight excluding hydrogens is 242 g/mol. The molecule has 0 aliphatic heterocycles. The van der Waals surface area contributed by atoms with Crippen molar-refractivity contribution < 1.29 is 5.11 Å². The number of hydrogen-bond acceptors (Lipinski definition) is 6. The zero-order chi connectivity index (χ0) is 13.9. The molecular formula is C13H23N5O. The first-order valence-corrected chi connectivity index (χ1v) is 6.79. The van der Waals surface area contributed by atoms with Crippen molar-refractivity contribution >= 4 is 11.8 Å². The number of hydrogen-bond donors (Lipinski definition) is 4. The van der Waals surface area contributed by atoms with Crippen LogP contribution >= 0.6 is 0 Å². The lowest BCUT2D eigenvalue weighted by Crippen LogP contribution is -2.41. The number of aliphatic hydroxyl groups is 1. The maximum Gasteiger partial charge on any atom is 0.239 e. The molecule has 2 unspecified atom stereocenters. The van der Waals surface area contributed by atoms with Gasteiger partial charge in [-0.05, 0) is 25.7 Å². The van der Waals surface area contributed by atoms with E-state index in [0.29, 0.717) is 24.2 Å². The highest BCUT2D eigenvalue weighted by Gasteiger charge is 2.32. The maximum absolute atomic E-state index is 10.6. The predicted octanol–water partition coefficient (Wildman–Crippen LogP) is 1.42. The van der Waals surface area contributed by atoms with E-state index in [4.69, 9.17) is 5.84 Å². The Balaban J connectivity index is 1.99. The molecule has 1 fully saturated rings. The summed E-state index contributed by atoms with van der Waals surface area (Å²) in [7, 11) is 0. The van der Waals surface area contributed by atoms with Crippen LogP contribution < -0.4 is 16.6 Å². The first-order chi connectivity index (χ1) is 9.00. The van der Waals surface area contributed by atoms with Crippen molar-refractivity contribution in [1.82, 2.24) is 9.97 Å². The molecule has 0 radical (unpaired) electrons. The van der Waals surface area contributed by atoms with Gasteiger partial charge in [0, 0.05) is 18.3 Å². The first kappa shape index (κ1) is 14.0. The van der Waals surface area contributed by atoms with Gasteiger partial charge in [0.25, 0.3) is 0 Å². The van der Waals surface area contributed by atoms with Gasteiger partial charge in [-0.2, -0.15) is 4.98 Å². The van der Waals surface area contributed by atoms with E-state index < -0.39 is 5.60 Å². The minimum Gasteiger partial charge on any atom is -0.388 e. The first-order valence-electron chi connectivity index (χ1n) is 6.79. The van der Waals surface area contributed by atoms with E-state index in [1.165, 1.54) is 6.42 Å². The van der Waals surface area contributed by atoms with E-state index in [2.05, 4.69) is 27.6 Å². The van der Waals surface area contributed by atoms with Gasteiger partial charge >= 0.3 is 0 Å². The second-order valence-corrected chi connectivity index (χ2v) is 5.64. The Morgan fingerprint density at radius 3 is 3.00 bits per heavy atom. The molecule has 19 heavy (non-hydrogen) atoms. The number of nitrogens with zero attached hydrogens (tertiary/aromatic N) is 2. The molecule has 2 rings (SSSR count). The average Bonchev–Trinajstić information content (AvgIpc) is 2.35. The summed E-state index contributed by atoms with van der Waals surface area (Å²) in [5, 5.41) is 13.7. The Morgan fingerprint density at radius 1 is 1.53 bits per heavy atom. The molecule has 2 atom stereocenters. The topological polar surface area (TPSA) is 96.1 Å². The van der Waals surface area contributed by atoms with Gasteiger partial charge in [0.05, 0.1) is 5.60 Å². The van der Waals surface area contributed by atoms with Gasteiger partial charge in [0.1, 0.15) is 5.82 Å². The summed E-state index contributed by atoms with van der Waals surface area (Å²) < 4.78 is 0. The van der Waals surface area contributed by atoms with Gasteiger partial charge in [0.15, 0.2) is 0 Å². The predicted molar refractivity (Wildman–Crippen MR) is 75.7 cm³/mol. The Hall–Kier alpha value is -1.40. The molecule has 1 aliphatic rings. The fourth-order valence-electron chi connectivity index (χ4n) is 2.77. The van der Waals surface area contributed by atoms with Gasteiger partial charge in [-0.25, -0.2) is 10.8 Å². The van der Waals surface area contributed by atoms with Gasteiger partial charge < -0.3 is 10.4 Å². The lowest BCUT2D eigenvalue weighted by atomic mass is 9.79. The molecule has 106 valence electrons. The van der Waals surface area contributed by atoms with Gasteiger partial charge in [0.2, 0.25) is 5.95 Å². The standard InChI is InChI=1S/C13H23N5O/c1-9-4-3-5-13(19,7-9)8-15-11-6-10(2)16-12(17-11)18-14/h6,9,19H,3-5,7-8,14H2,1-2H3,(H2,15,16,17,18). The van der Waals surface area contributed by atoms with E-state index in [9.17, 15) is 5.11 Å². The molecule has 0 bridgehead atoms. The second kappa shape index (κ2) is 5.71. The van der Waals surface area contributed by atoms with Crippen molar-refractivity contribution in [2.24, 2.45) is 11.8 Å². The molecule has 0 saturated heterocycles. The van der Waals surface area contributed by atoms with Crippen molar-refractivity contribution in [3.05, 3.63) is 11.8 Å². The Kier molecular flexibility index (Phi) is 4.21. The Bertz CT molecular complexity index is 439. The third-order valence-corrected chi connectivity index (χ3v) is 3.65. The minimum absolute atomic E-state index is 0.381. The molecule has 1 aliphatic carbocycles. The summed E-state index contributed by atoms with van der Waals surface area (Å²) in [6.45, 7) is 4.58. The van der Waals surface area contributed by atoms with Gasteiger partial charge in [-0.1, -0.05) is 19.8 Å². The largest absolute Gasteiger partial charge is 0.388 e. The molecule has 1 aromatic heterocycles. The van der Waals surface area contributed by atoms with Crippen molar-refractivity contribution in [2.45, 2.75) is 45.1 Å². The quantitative estimate of drug-likeness (QED) is 0.486. The number of anilines is 2. The summed E-state index contributed by atoms with van der Waals surface area (Å²) in [5.41, 5.74) is 2.63. The van der Waals surface area contributed by atoms with Crippen LogP contribution in [0.4, 0.5) is 11.8 Å². The van der Waals surface area contributed by atoms with Crippen LogP contribution in [0, 0.1) is 12.8 Å². The van der Waals surface area contributed by atoms with Crippen molar-refractivity contribution in [3.8, 4) is 0 Å². The van der Waals surface area contributed by atoms with Crippen molar-refractivity contribution in [2.75, 3.05) is 17.3 Å². The van der Waals surface area contributed by atoms with E-state index >= 15 is 0 Å². The highest BCUT2D eigenvalue weighted by molar-refractivity contribution is 5.41. The molecule has 1 heterocycles. The van der Waals surface area contributed by atoms with Crippen LogP contribution in [0.1, 0.15) is 38.3 Å². The minimum atomic E-state index is -0.632. The van der Waals surface area contributed by atoms with Crippen LogP contribution in [-0.2, 0) is 0 Å². The number of aromatic nitrogens is 2. The highest BCUT2D eigenvalue weighted by atomic mass is 16.3. The molecule has 6 nitrogen and oxygen atoms in total. The number of hydrazine groups is 1. The van der Waals surface area contributed by atoms with Crippen molar-refractivity contribution in [1.29, 1.82) is 0 Å². The average molecular weight is 265 g/mol. The summed E-state index contributed by atoms with van der Waals surface area (Å²) in [5.74, 6) is 6.96. The fourth-order valence-corrected chi connectivity index (χ4v) is 2.77. The Morgan fingerprint density at radius 2 is 2.32 bits per heavy atom. The van der Waals surface area contributed by atoms with Crippen LogP contribution in [0.3, 0.4) is 0 Å². The Labute approximate surface area is 113 Å². The summed E-state index contributed by atoms with van der Waals surface area (Å²) in [6.07, 6.45) is 3.97. The lowest BCUT2D eigenvalue weighted by molar-refractivity contribution is -0.000828. The van der Waals surface area contributed by atoms with E-state index in [1.807, 2.05) is 13.0 Å². The summed E-state index contributed by atoms with van der Waals surface area (Å²) in [6, 6.07) is 1.84. The van der Waals surface area contributed by atoms with Crippen LogP contribution in [0.25, 0.3) is 0 Å². The van der Waals surface area contributed by atoms with E-state index in [-0.39, 0.29) is 0 Å². The zero-order valence-corrected chi connectivity index (χ0v) is 11.6. The molecule has 0 amide bonds. The van der Waals surface area contributed by atoms with E-state index in [0.717, 1.165) is 25.0 Å². The van der Waals surface area contributed by atoms with Crippen LogP contribution in [0.5, 0.6) is 0 Å². The summed E-state index contributed by atoms with van der Waals surface area (Å²) in [4.78, 5) is 8.34. The van der Waals surface area contributed by atoms with Gasteiger partial charge in [-0.15, -0.1) is 0 Å². The van der Waals surface area contributed by atoms with Crippen LogP contribution in [-0.4, -0.2) is 27.2 Å². The normalized spacial score (nSPS) is 27.1. The highest BCUT2D eigenvalue weighted by Crippen LogP contribution is 2.32. The number of nitrogens with one attached hydrogen (secondary N) is 2. The fraction of sp³-hybridized carbons (Fsp3) is 0.692. The second-order valence-electron chi connectivity index (χ2n) is 5.64. The number of aryl methyl sites for hydroxylation is 1. The molecule has 6 heteroatoms. The zero-order valence-electron chi connectivity index (χ0n) is 11.6. The number of nitrogens with two attached hydrogens (primary N) is 1. The molecule has 5 N–H and O–H groups in total. The molecule has 0 spiro atoms. The van der Waals surface area contributed by atoms with Crippen LogP contribution in [0.2, 0.25) is 0 Å². The smallest absolute Gasteiger partial charge is 0.239 e. The summed E-state index contributed by atoms with van der Waals surface area (Å²) >= 11 is 0. The third kappa shape index (κ3) is 3.78.